The minimum atomic E-state index is -0.657. The summed E-state index contributed by atoms with van der Waals surface area (Å²) in [7, 11) is 1.47. The average Bonchev–Trinajstić information content (AvgIpc) is 2.59. The van der Waals surface area contributed by atoms with Gasteiger partial charge in [0.05, 0.1) is 10.7 Å². The molecule has 1 aromatic carbocycles. The Hall–Kier alpha value is -2.98. The number of halogens is 1. The fourth-order valence-electron chi connectivity index (χ4n) is 2.28. The molecule has 8 heteroatoms. The topological polar surface area (TPSA) is 125 Å². The number of nitrogens with two attached hydrogens (primary N) is 1. The molecule has 0 atom stereocenters. The predicted molar refractivity (Wildman–Crippen MR) is 101 cm³/mol. The summed E-state index contributed by atoms with van der Waals surface area (Å²) >= 11 is 2.04. The third kappa shape index (κ3) is 3.44. The Morgan fingerprint density at radius 1 is 1.36 bits per heavy atom. The Morgan fingerprint density at radius 3 is 2.60 bits per heavy atom. The van der Waals surface area contributed by atoms with Gasteiger partial charge in [-0.1, -0.05) is 12.7 Å². The maximum atomic E-state index is 12.0. The highest BCUT2D eigenvalue weighted by atomic mass is 127. The average molecular weight is 448 g/mol. The Labute approximate surface area is 157 Å². The third-order valence-electron chi connectivity index (χ3n) is 3.33. The molecule has 25 heavy (non-hydrogen) atoms. The lowest BCUT2D eigenvalue weighted by atomic mass is 9.96. The van der Waals surface area contributed by atoms with Gasteiger partial charge in [-0.25, -0.2) is 0 Å². The largest absolute Gasteiger partial charge is 0.493 e. The third-order valence-corrected chi connectivity index (χ3v) is 4.13. The van der Waals surface area contributed by atoms with Crippen molar-refractivity contribution >= 4 is 28.4 Å². The van der Waals surface area contributed by atoms with Crippen LogP contribution in [0.4, 0.5) is 5.82 Å². The summed E-state index contributed by atoms with van der Waals surface area (Å²) in [5.41, 5.74) is 5.54. The lowest BCUT2D eigenvalue weighted by Gasteiger charge is -2.15. The molecule has 0 aliphatic rings. The van der Waals surface area contributed by atoms with Crippen molar-refractivity contribution in [3.05, 3.63) is 49.8 Å². The second-order valence-corrected chi connectivity index (χ2v) is 5.97. The maximum absolute atomic E-state index is 12.0. The first-order valence-electron chi connectivity index (χ1n) is 6.96. The van der Waals surface area contributed by atoms with Crippen LogP contribution in [0.2, 0.25) is 0 Å². The highest BCUT2D eigenvalue weighted by Gasteiger charge is 2.21. The number of H-pyrrole nitrogens is 1. The van der Waals surface area contributed by atoms with Crippen LogP contribution in [0, 0.1) is 26.2 Å². The van der Waals surface area contributed by atoms with Crippen LogP contribution in [0.25, 0.3) is 11.1 Å². The molecule has 0 saturated heterocycles. The lowest BCUT2D eigenvalue weighted by molar-refractivity contribution is 0.324. The van der Waals surface area contributed by atoms with Gasteiger partial charge in [-0.05, 0) is 40.3 Å². The minimum absolute atomic E-state index is 0.0220. The van der Waals surface area contributed by atoms with Gasteiger partial charge in [-0.2, -0.15) is 10.5 Å². The number of nitriles is 2. The van der Waals surface area contributed by atoms with E-state index in [1.54, 1.807) is 18.2 Å². The molecule has 3 N–H and O–H groups in total. The van der Waals surface area contributed by atoms with Crippen LogP contribution in [-0.2, 0) is 0 Å². The fraction of sp³-hybridized carbons (Fsp3) is 0.118. The number of nitrogen functional groups attached to an aromatic ring is 1. The molecule has 0 saturated carbocycles. The van der Waals surface area contributed by atoms with Crippen LogP contribution in [0.1, 0.15) is 11.1 Å². The summed E-state index contributed by atoms with van der Waals surface area (Å²) in [6.45, 7) is 3.89. The smallest absolute Gasteiger partial charge is 0.268 e. The van der Waals surface area contributed by atoms with Gasteiger partial charge in [0.25, 0.3) is 5.56 Å². The van der Waals surface area contributed by atoms with Gasteiger partial charge in [0.2, 0.25) is 0 Å². The SMILES string of the molecule is C=CCOc1c(I)cc(-c2c(C#N)c(N)[nH]c(=O)c2C#N)cc1OC. The molecule has 2 aromatic rings. The van der Waals surface area contributed by atoms with E-state index in [1.165, 1.54) is 7.11 Å². The van der Waals surface area contributed by atoms with Crippen molar-refractivity contribution < 1.29 is 9.47 Å². The molecule has 0 aliphatic heterocycles. The molecular formula is C17H13IN4O3. The van der Waals surface area contributed by atoms with Crippen LogP contribution < -0.4 is 20.8 Å². The van der Waals surface area contributed by atoms with E-state index >= 15 is 0 Å². The molecule has 0 unspecified atom stereocenters. The zero-order valence-corrected chi connectivity index (χ0v) is 15.4. The number of anilines is 1. The van der Waals surface area contributed by atoms with Crippen LogP contribution in [0.3, 0.4) is 0 Å². The highest BCUT2D eigenvalue weighted by Crippen LogP contribution is 2.39. The van der Waals surface area contributed by atoms with E-state index < -0.39 is 5.56 Å². The first-order chi connectivity index (χ1) is 12.0. The van der Waals surface area contributed by atoms with Crippen LogP contribution in [-0.4, -0.2) is 18.7 Å². The Bertz CT molecular complexity index is 983. The molecule has 126 valence electrons. The zero-order valence-electron chi connectivity index (χ0n) is 13.2. The van der Waals surface area contributed by atoms with Crippen molar-refractivity contribution in [1.29, 1.82) is 10.5 Å². The molecule has 0 bridgehead atoms. The van der Waals surface area contributed by atoms with Gasteiger partial charge >= 0.3 is 0 Å². The maximum Gasteiger partial charge on any atom is 0.268 e. The number of aromatic nitrogens is 1. The number of nitrogens with zero attached hydrogens (tertiary/aromatic N) is 2. The summed E-state index contributed by atoms with van der Waals surface area (Å²) in [5.74, 6) is 0.805. The second-order valence-electron chi connectivity index (χ2n) is 4.81. The van der Waals surface area contributed by atoms with E-state index in [0.29, 0.717) is 20.6 Å². The normalized spacial score (nSPS) is 9.76. The zero-order chi connectivity index (χ0) is 18.6. The molecule has 0 radical (unpaired) electrons. The van der Waals surface area contributed by atoms with E-state index in [-0.39, 0.29) is 29.1 Å². The number of nitrogens with one attached hydrogen (secondary N) is 1. The number of hydrogen-bond acceptors (Lipinski definition) is 6. The van der Waals surface area contributed by atoms with Crippen molar-refractivity contribution in [1.82, 2.24) is 4.98 Å². The first-order valence-corrected chi connectivity index (χ1v) is 8.03. The van der Waals surface area contributed by atoms with Crippen LogP contribution in [0.15, 0.2) is 29.6 Å². The second kappa shape index (κ2) is 7.73. The molecule has 0 aliphatic carbocycles. The molecule has 0 spiro atoms. The summed E-state index contributed by atoms with van der Waals surface area (Å²) in [4.78, 5) is 14.4. The Balaban J connectivity index is 2.82. The first kappa shape index (κ1) is 18.4. The minimum Gasteiger partial charge on any atom is -0.493 e. The standard InChI is InChI=1S/C17H13IN4O3/c1-3-4-25-15-12(18)5-9(6-13(15)24-2)14-10(7-19)16(21)22-17(23)11(14)8-20/h3,5-6H,1,4H2,2H3,(H3,21,22,23). The van der Waals surface area contributed by atoms with Gasteiger partial charge in [0.15, 0.2) is 11.5 Å². The fourth-order valence-corrected chi connectivity index (χ4v) is 3.04. The summed E-state index contributed by atoms with van der Waals surface area (Å²) in [5, 5.41) is 18.8. The van der Waals surface area contributed by atoms with Crippen molar-refractivity contribution in [2.75, 3.05) is 19.5 Å². The van der Waals surface area contributed by atoms with E-state index in [9.17, 15) is 15.3 Å². The van der Waals surface area contributed by atoms with E-state index in [2.05, 4.69) is 11.6 Å². The van der Waals surface area contributed by atoms with Crippen molar-refractivity contribution in [2.24, 2.45) is 0 Å². The van der Waals surface area contributed by atoms with Gasteiger partial charge in [-0.3, -0.25) is 4.79 Å². The van der Waals surface area contributed by atoms with Crippen molar-refractivity contribution in [2.45, 2.75) is 0 Å². The Kier molecular flexibility index (Phi) is 5.67. The quantitative estimate of drug-likeness (QED) is 0.535. The number of methoxy groups -OCH3 is 1. The molecule has 7 nitrogen and oxygen atoms in total. The highest BCUT2D eigenvalue weighted by molar-refractivity contribution is 14.1. The lowest BCUT2D eigenvalue weighted by Crippen LogP contribution is -2.16. The van der Waals surface area contributed by atoms with E-state index in [0.717, 1.165) is 0 Å². The van der Waals surface area contributed by atoms with Crippen LogP contribution >= 0.6 is 22.6 Å². The molecule has 1 heterocycles. The number of ether oxygens (including phenoxy) is 2. The summed E-state index contributed by atoms with van der Waals surface area (Å²) in [6.07, 6.45) is 1.60. The van der Waals surface area contributed by atoms with Gasteiger partial charge in [-0.15, -0.1) is 0 Å². The number of aromatic amines is 1. The van der Waals surface area contributed by atoms with Crippen molar-refractivity contribution in [3.63, 3.8) is 0 Å². The summed E-state index contributed by atoms with van der Waals surface area (Å²) in [6, 6.07) is 7.05. The van der Waals surface area contributed by atoms with E-state index in [1.807, 2.05) is 34.7 Å². The van der Waals surface area contributed by atoms with Gasteiger partial charge in [0, 0.05) is 5.56 Å². The van der Waals surface area contributed by atoms with Crippen molar-refractivity contribution in [3.8, 4) is 34.8 Å². The number of benzene rings is 1. The number of pyridine rings is 1. The number of hydrogen-bond donors (Lipinski definition) is 2. The molecular weight excluding hydrogens is 435 g/mol. The predicted octanol–water partition coefficient (Wildman–Crippen LogP) is 2.55. The van der Waals surface area contributed by atoms with Gasteiger partial charge in [0.1, 0.15) is 35.7 Å². The molecule has 1 aromatic heterocycles. The molecule has 0 amide bonds. The summed E-state index contributed by atoms with van der Waals surface area (Å²) < 4.78 is 11.6. The molecule has 2 rings (SSSR count). The Morgan fingerprint density at radius 2 is 2.04 bits per heavy atom. The van der Waals surface area contributed by atoms with E-state index in [4.69, 9.17) is 15.2 Å². The molecule has 0 fully saturated rings. The monoisotopic (exact) mass is 448 g/mol. The van der Waals surface area contributed by atoms with Gasteiger partial charge < -0.3 is 20.2 Å². The van der Waals surface area contributed by atoms with Crippen LogP contribution in [0.5, 0.6) is 11.5 Å². The number of rotatable bonds is 5.